The molecule has 2 nitrogen and oxygen atoms in total. The molecule has 16 heavy (non-hydrogen) atoms. The zero-order chi connectivity index (χ0) is 11.3. The predicted octanol–water partition coefficient (Wildman–Crippen LogP) is 2.93. The first-order valence-electron chi connectivity index (χ1n) is 5.90. The van der Waals surface area contributed by atoms with E-state index in [9.17, 15) is 0 Å². The van der Waals surface area contributed by atoms with Crippen LogP contribution in [0, 0.1) is 0 Å². The minimum Gasteiger partial charge on any atom is -0.350 e. The van der Waals surface area contributed by atoms with Gasteiger partial charge in [0.15, 0.2) is 0 Å². The molecule has 1 aromatic rings. The minimum atomic E-state index is 0.625. The fraction of sp³-hybridized carbons (Fsp3) is 0.538. The second-order valence-electron chi connectivity index (χ2n) is 4.98. The Morgan fingerprint density at radius 2 is 2.12 bits per heavy atom. The maximum Gasteiger partial charge on any atom is 0.0660 e. The van der Waals surface area contributed by atoms with E-state index in [0.29, 0.717) is 6.04 Å². The number of halogens is 1. The molecule has 1 aromatic heterocycles. The molecule has 0 radical (unpaired) electrons. The summed E-state index contributed by atoms with van der Waals surface area (Å²) in [7, 11) is 4.31. The summed E-state index contributed by atoms with van der Waals surface area (Å²) in [4.78, 5) is 2.50. The molecule has 0 aromatic carbocycles. The Hall–Kier alpha value is -0.730. The molecule has 1 saturated heterocycles. The topological polar surface area (TPSA) is 8.17 Å². The normalized spacial score (nSPS) is 29.6. The van der Waals surface area contributed by atoms with Crippen LogP contribution >= 0.6 is 11.6 Å². The molecule has 3 heteroatoms. The van der Waals surface area contributed by atoms with Crippen molar-refractivity contribution in [2.45, 2.75) is 31.3 Å². The lowest BCUT2D eigenvalue weighted by Gasteiger charge is -2.30. The fourth-order valence-electron chi connectivity index (χ4n) is 3.10. The van der Waals surface area contributed by atoms with Crippen LogP contribution in [0.3, 0.4) is 0 Å². The van der Waals surface area contributed by atoms with Gasteiger partial charge in [-0.1, -0.05) is 17.7 Å². The molecule has 0 aliphatic carbocycles. The van der Waals surface area contributed by atoms with Crippen molar-refractivity contribution in [1.82, 2.24) is 9.47 Å². The molecule has 2 atom stereocenters. The first-order chi connectivity index (χ1) is 7.66. The van der Waals surface area contributed by atoms with E-state index in [1.165, 1.54) is 24.1 Å². The molecule has 0 spiro atoms. The van der Waals surface area contributed by atoms with Crippen molar-refractivity contribution < 1.29 is 0 Å². The third-order valence-electron chi connectivity index (χ3n) is 4.07. The zero-order valence-corrected chi connectivity index (χ0v) is 10.5. The average Bonchev–Trinajstić information content (AvgIpc) is 2.67. The van der Waals surface area contributed by atoms with Gasteiger partial charge in [0.1, 0.15) is 0 Å². The van der Waals surface area contributed by atoms with Crippen LogP contribution in [-0.2, 0) is 7.05 Å². The van der Waals surface area contributed by atoms with Gasteiger partial charge in [-0.05, 0) is 37.9 Å². The molecule has 2 aliphatic rings. The standard InChI is InChI=1S/C13H17ClN2/c1-15-6-5-12(14)13(15)9-7-10-3-4-11(8-9)16(10)2/h5-7,10-11H,3-4,8H2,1-2H3. The van der Waals surface area contributed by atoms with E-state index in [4.69, 9.17) is 11.6 Å². The number of nitrogens with zero attached hydrogens (tertiary/aromatic N) is 2. The van der Waals surface area contributed by atoms with Crippen molar-refractivity contribution in [2.75, 3.05) is 7.05 Å². The van der Waals surface area contributed by atoms with Gasteiger partial charge in [-0.15, -0.1) is 0 Å². The summed E-state index contributed by atoms with van der Waals surface area (Å²) in [5, 5.41) is 0.887. The Morgan fingerprint density at radius 3 is 2.75 bits per heavy atom. The maximum absolute atomic E-state index is 6.26. The van der Waals surface area contributed by atoms with Gasteiger partial charge in [0.25, 0.3) is 0 Å². The minimum absolute atomic E-state index is 0.625. The third-order valence-corrected chi connectivity index (χ3v) is 4.38. The number of hydrogen-bond donors (Lipinski definition) is 0. The molecule has 2 unspecified atom stereocenters. The SMILES string of the molecule is CN1C2C=C(c3c(Cl)ccn3C)CC1CC2. The highest BCUT2D eigenvalue weighted by molar-refractivity contribution is 6.32. The van der Waals surface area contributed by atoms with E-state index < -0.39 is 0 Å². The second kappa shape index (κ2) is 3.64. The molecule has 0 saturated carbocycles. The lowest BCUT2D eigenvalue weighted by atomic mass is 9.99. The van der Waals surface area contributed by atoms with Gasteiger partial charge in [-0.25, -0.2) is 0 Å². The van der Waals surface area contributed by atoms with E-state index in [1.54, 1.807) is 0 Å². The van der Waals surface area contributed by atoms with Crippen LogP contribution in [-0.4, -0.2) is 28.6 Å². The van der Waals surface area contributed by atoms with Crippen LogP contribution in [0.15, 0.2) is 18.3 Å². The molecule has 0 N–H and O–H groups in total. The number of aryl methyl sites for hydroxylation is 1. The van der Waals surface area contributed by atoms with Gasteiger partial charge < -0.3 is 4.57 Å². The van der Waals surface area contributed by atoms with Gasteiger partial charge in [0.2, 0.25) is 0 Å². The summed E-state index contributed by atoms with van der Waals surface area (Å²) in [5.41, 5.74) is 2.65. The summed E-state index contributed by atoms with van der Waals surface area (Å²) in [6.07, 6.45) is 8.21. The number of rotatable bonds is 1. The van der Waals surface area contributed by atoms with Gasteiger partial charge in [-0.2, -0.15) is 0 Å². The molecule has 2 bridgehead atoms. The van der Waals surface area contributed by atoms with Gasteiger partial charge in [-0.3, -0.25) is 4.90 Å². The maximum atomic E-state index is 6.26. The molecular formula is C13H17ClN2. The highest BCUT2D eigenvalue weighted by atomic mass is 35.5. The van der Waals surface area contributed by atoms with Gasteiger partial charge in [0, 0.05) is 25.3 Å². The van der Waals surface area contributed by atoms with Crippen molar-refractivity contribution in [3.8, 4) is 0 Å². The molecule has 86 valence electrons. The lowest BCUT2D eigenvalue weighted by Crippen LogP contribution is -2.34. The van der Waals surface area contributed by atoms with Crippen molar-refractivity contribution in [3.63, 3.8) is 0 Å². The highest BCUT2D eigenvalue weighted by Crippen LogP contribution is 2.39. The van der Waals surface area contributed by atoms with E-state index in [1.807, 2.05) is 12.3 Å². The van der Waals surface area contributed by atoms with Gasteiger partial charge in [0.05, 0.1) is 10.7 Å². The Kier molecular flexibility index (Phi) is 2.37. The van der Waals surface area contributed by atoms with Crippen LogP contribution in [0.5, 0.6) is 0 Å². The van der Waals surface area contributed by atoms with Gasteiger partial charge >= 0.3 is 0 Å². The molecule has 1 fully saturated rings. The van der Waals surface area contributed by atoms with Crippen LogP contribution < -0.4 is 0 Å². The first kappa shape index (κ1) is 10.4. The van der Waals surface area contributed by atoms with Crippen LogP contribution in [0.25, 0.3) is 5.57 Å². The first-order valence-corrected chi connectivity index (χ1v) is 6.28. The number of fused-ring (bicyclic) bond motifs is 2. The van der Waals surface area contributed by atoms with Crippen molar-refractivity contribution in [2.24, 2.45) is 7.05 Å². The number of hydrogen-bond acceptors (Lipinski definition) is 1. The summed E-state index contributed by atoms with van der Waals surface area (Å²) in [6.45, 7) is 0. The quantitative estimate of drug-likeness (QED) is 0.728. The molecule has 0 amide bonds. The van der Waals surface area contributed by atoms with E-state index >= 15 is 0 Å². The predicted molar refractivity (Wildman–Crippen MR) is 67.6 cm³/mol. The van der Waals surface area contributed by atoms with Crippen LogP contribution in [0.1, 0.15) is 25.0 Å². The summed E-state index contributed by atoms with van der Waals surface area (Å²) in [6, 6.07) is 3.33. The average molecular weight is 237 g/mol. The lowest BCUT2D eigenvalue weighted by molar-refractivity contribution is 0.264. The van der Waals surface area contributed by atoms with Crippen molar-refractivity contribution in [3.05, 3.63) is 29.1 Å². The van der Waals surface area contributed by atoms with E-state index in [-0.39, 0.29) is 0 Å². The van der Waals surface area contributed by atoms with E-state index in [2.05, 4.69) is 29.6 Å². The molecule has 3 rings (SSSR count). The highest BCUT2D eigenvalue weighted by Gasteiger charge is 2.34. The summed E-state index contributed by atoms with van der Waals surface area (Å²) in [5.74, 6) is 0. The Balaban J connectivity index is 2.01. The fourth-order valence-corrected chi connectivity index (χ4v) is 3.41. The van der Waals surface area contributed by atoms with Crippen molar-refractivity contribution in [1.29, 1.82) is 0 Å². The van der Waals surface area contributed by atoms with Crippen molar-refractivity contribution >= 4 is 17.2 Å². The smallest absolute Gasteiger partial charge is 0.0660 e. The second-order valence-corrected chi connectivity index (χ2v) is 5.39. The van der Waals surface area contributed by atoms with Crippen LogP contribution in [0.4, 0.5) is 0 Å². The zero-order valence-electron chi connectivity index (χ0n) is 9.78. The summed E-state index contributed by atoms with van der Waals surface area (Å²) < 4.78 is 2.14. The molecular weight excluding hydrogens is 220 g/mol. The van der Waals surface area contributed by atoms with E-state index in [0.717, 1.165) is 17.5 Å². The Labute approximate surface area is 101 Å². The monoisotopic (exact) mass is 236 g/mol. The van der Waals surface area contributed by atoms with Crippen LogP contribution in [0.2, 0.25) is 5.02 Å². The number of likely N-dealkylation sites (N-methyl/N-ethyl adjacent to an activating group) is 1. The Morgan fingerprint density at radius 1 is 1.31 bits per heavy atom. The Bertz CT molecular complexity index is 427. The summed E-state index contributed by atoms with van der Waals surface area (Å²) >= 11 is 6.26. The largest absolute Gasteiger partial charge is 0.350 e. The molecule has 3 heterocycles. The number of aromatic nitrogens is 1. The molecule has 2 aliphatic heterocycles. The third kappa shape index (κ3) is 1.44.